The highest BCUT2D eigenvalue weighted by Gasteiger charge is 2.25. The largest absolute Gasteiger partial charge is 0.396 e. The van der Waals surface area contributed by atoms with Crippen LogP contribution < -0.4 is 5.32 Å². The molecule has 0 radical (unpaired) electrons. The van der Waals surface area contributed by atoms with Crippen LogP contribution in [-0.4, -0.2) is 33.4 Å². The third-order valence-corrected chi connectivity index (χ3v) is 5.06. The highest BCUT2D eigenvalue weighted by atomic mass is 16.3. The molecule has 0 saturated heterocycles. The van der Waals surface area contributed by atoms with Crippen molar-refractivity contribution in [1.82, 2.24) is 15.1 Å². The molecule has 1 aromatic rings. The van der Waals surface area contributed by atoms with Crippen LogP contribution in [0, 0.1) is 31.1 Å². The number of aromatic nitrogens is 2. The maximum Gasteiger partial charge on any atom is 0.220 e. The van der Waals surface area contributed by atoms with Crippen LogP contribution in [0.4, 0.5) is 0 Å². The van der Waals surface area contributed by atoms with Gasteiger partial charge in [0.15, 0.2) is 0 Å². The summed E-state index contributed by atoms with van der Waals surface area (Å²) in [5.74, 6) is 0.240. The molecule has 0 spiro atoms. The molecular weight excluding hydrogens is 304 g/mol. The van der Waals surface area contributed by atoms with Crippen LogP contribution in [0.25, 0.3) is 0 Å². The van der Waals surface area contributed by atoms with Crippen molar-refractivity contribution < 1.29 is 9.90 Å². The standard InChI is InChI=1S/C18H28N4O2/c1-13-16(14(2)22(21-13)11-5-10-19)8-9-18(24)20-17-7-4-3-6-15(17)12-23/h15,17,23H,3-9,11-12H2,1-2H3,(H,20,24). The number of carbonyl (C=O) groups excluding carboxylic acids is 1. The lowest BCUT2D eigenvalue weighted by atomic mass is 9.85. The zero-order valence-corrected chi connectivity index (χ0v) is 14.7. The summed E-state index contributed by atoms with van der Waals surface area (Å²) in [5.41, 5.74) is 3.08. The molecule has 6 nitrogen and oxygen atoms in total. The van der Waals surface area contributed by atoms with E-state index in [1.165, 1.54) is 0 Å². The van der Waals surface area contributed by atoms with Gasteiger partial charge in [0.25, 0.3) is 0 Å². The Hall–Kier alpha value is -1.87. The van der Waals surface area contributed by atoms with Crippen molar-refractivity contribution in [2.45, 2.75) is 71.4 Å². The van der Waals surface area contributed by atoms with E-state index in [4.69, 9.17) is 5.26 Å². The van der Waals surface area contributed by atoms with E-state index in [-0.39, 0.29) is 24.5 Å². The van der Waals surface area contributed by atoms with Gasteiger partial charge in [0.2, 0.25) is 5.91 Å². The number of hydrogen-bond donors (Lipinski definition) is 2. The van der Waals surface area contributed by atoms with Gasteiger partial charge >= 0.3 is 0 Å². The van der Waals surface area contributed by atoms with E-state index in [2.05, 4.69) is 16.5 Å². The second kappa shape index (κ2) is 8.84. The third-order valence-electron chi connectivity index (χ3n) is 5.06. The highest BCUT2D eigenvalue weighted by molar-refractivity contribution is 5.76. The summed E-state index contributed by atoms with van der Waals surface area (Å²) in [6.07, 6.45) is 5.73. The quantitative estimate of drug-likeness (QED) is 0.799. The van der Waals surface area contributed by atoms with E-state index in [0.717, 1.165) is 42.6 Å². The summed E-state index contributed by atoms with van der Waals surface area (Å²) < 4.78 is 1.86. The summed E-state index contributed by atoms with van der Waals surface area (Å²) >= 11 is 0. The molecule has 132 valence electrons. The molecule has 1 fully saturated rings. The van der Waals surface area contributed by atoms with Gasteiger partial charge in [0, 0.05) is 30.7 Å². The smallest absolute Gasteiger partial charge is 0.220 e. The summed E-state index contributed by atoms with van der Waals surface area (Å²) in [5, 5.41) is 25.7. The number of nitriles is 1. The topological polar surface area (TPSA) is 90.9 Å². The van der Waals surface area contributed by atoms with Crippen molar-refractivity contribution in [2.24, 2.45) is 5.92 Å². The van der Waals surface area contributed by atoms with Crippen molar-refractivity contribution in [2.75, 3.05) is 6.61 Å². The minimum absolute atomic E-state index is 0.0453. The first kappa shape index (κ1) is 18.5. The first-order valence-electron chi connectivity index (χ1n) is 8.86. The number of aliphatic hydroxyl groups excluding tert-OH is 1. The number of amides is 1. The van der Waals surface area contributed by atoms with Gasteiger partial charge < -0.3 is 10.4 Å². The normalized spacial score (nSPS) is 20.6. The van der Waals surface area contributed by atoms with Gasteiger partial charge in [0.1, 0.15) is 0 Å². The van der Waals surface area contributed by atoms with Gasteiger partial charge in [-0.3, -0.25) is 9.48 Å². The molecule has 0 aliphatic heterocycles. The predicted molar refractivity (Wildman–Crippen MR) is 91.2 cm³/mol. The molecule has 1 heterocycles. The van der Waals surface area contributed by atoms with Crippen molar-refractivity contribution in [3.8, 4) is 6.07 Å². The fourth-order valence-corrected chi connectivity index (χ4v) is 3.60. The monoisotopic (exact) mass is 332 g/mol. The van der Waals surface area contributed by atoms with Gasteiger partial charge in [0.05, 0.1) is 24.7 Å². The summed E-state index contributed by atoms with van der Waals surface area (Å²) in [6, 6.07) is 2.24. The minimum Gasteiger partial charge on any atom is -0.396 e. The lowest BCUT2D eigenvalue weighted by Crippen LogP contribution is -2.43. The van der Waals surface area contributed by atoms with E-state index in [0.29, 0.717) is 25.8 Å². The van der Waals surface area contributed by atoms with Crippen molar-refractivity contribution in [1.29, 1.82) is 5.26 Å². The van der Waals surface area contributed by atoms with E-state index in [9.17, 15) is 9.90 Å². The predicted octanol–water partition coefficient (Wildman–Crippen LogP) is 2.01. The Bertz CT molecular complexity index is 603. The molecule has 24 heavy (non-hydrogen) atoms. The summed E-state index contributed by atoms with van der Waals surface area (Å²) in [6.45, 7) is 4.68. The molecule has 2 unspecified atom stereocenters. The Morgan fingerprint density at radius 3 is 2.88 bits per heavy atom. The van der Waals surface area contributed by atoms with Crippen molar-refractivity contribution in [3.05, 3.63) is 17.0 Å². The number of carbonyl (C=O) groups is 1. The Labute approximate surface area is 143 Å². The van der Waals surface area contributed by atoms with Crippen LogP contribution in [0.3, 0.4) is 0 Å². The molecule has 6 heteroatoms. The maximum absolute atomic E-state index is 12.3. The molecule has 2 N–H and O–H groups in total. The van der Waals surface area contributed by atoms with Gasteiger partial charge in [-0.15, -0.1) is 0 Å². The molecule has 2 atom stereocenters. The van der Waals surface area contributed by atoms with Crippen LogP contribution in [0.15, 0.2) is 0 Å². The number of hydrogen-bond acceptors (Lipinski definition) is 4. The number of aryl methyl sites for hydroxylation is 2. The number of nitrogens with zero attached hydrogens (tertiary/aromatic N) is 3. The van der Waals surface area contributed by atoms with Crippen LogP contribution in [0.2, 0.25) is 0 Å². The summed E-state index contributed by atoms with van der Waals surface area (Å²) in [4.78, 5) is 12.3. The Morgan fingerprint density at radius 1 is 1.42 bits per heavy atom. The van der Waals surface area contributed by atoms with E-state index in [1.807, 2.05) is 18.5 Å². The van der Waals surface area contributed by atoms with E-state index in [1.54, 1.807) is 0 Å². The molecule has 2 rings (SSSR count). The first-order valence-corrected chi connectivity index (χ1v) is 8.86. The van der Waals surface area contributed by atoms with Gasteiger partial charge in [-0.1, -0.05) is 12.8 Å². The fourth-order valence-electron chi connectivity index (χ4n) is 3.60. The van der Waals surface area contributed by atoms with Gasteiger partial charge in [-0.2, -0.15) is 10.4 Å². The maximum atomic E-state index is 12.3. The van der Waals surface area contributed by atoms with E-state index >= 15 is 0 Å². The minimum atomic E-state index is 0.0453. The SMILES string of the molecule is Cc1nn(CCC#N)c(C)c1CCC(=O)NC1CCCCC1CO. The first-order chi connectivity index (χ1) is 11.6. The molecule has 0 bridgehead atoms. The molecule has 0 aromatic carbocycles. The van der Waals surface area contributed by atoms with Gasteiger partial charge in [-0.05, 0) is 38.7 Å². The van der Waals surface area contributed by atoms with Crippen LogP contribution in [0.5, 0.6) is 0 Å². The zero-order valence-electron chi connectivity index (χ0n) is 14.7. The molecule has 1 aliphatic rings. The zero-order chi connectivity index (χ0) is 17.5. The molecule has 1 aliphatic carbocycles. The van der Waals surface area contributed by atoms with Crippen LogP contribution in [-0.2, 0) is 17.8 Å². The number of aliphatic hydroxyl groups is 1. The van der Waals surface area contributed by atoms with E-state index < -0.39 is 0 Å². The number of nitrogens with one attached hydrogen (secondary N) is 1. The van der Waals surface area contributed by atoms with Crippen LogP contribution >= 0.6 is 0 Å². The number of rotatable bonds is 7. The average Bonchev–Trinajstić information content (AvgIpc) is 2.85. The highest BCUT2D eigenvalue weighted by Crippen LogP contribution is 2.24. The fraction of sp³-hybridized carbons (Fsp3) is 0.722. The molecule has 1 aromatic heterocycles. The van der Waals surface area contributed by atoms with Crippen molar-refractivity contribution >= 4 is 5.91 Å². The molecule has 1 saturated carbocycles. The Kier molecular flexibility index (Phi) is 6.80. The lowest BCUT2D eigenvalue weighted by Gasteiger charge is -2.30. The Morgan fingerprint density at radius 2 is 2.17 bits per heavy atom. The molecule has 1 amide bonds. The van der Waals surface area contributed by atoms with Crippen LogP contribution in [0.1, 0.15) is 55.5 Å². The average molecular weight is 332 g/mol. The summed E-state index contributed by atoms with van der Waals surface area (Å²) in [7, 11) is 0. The third kappa shape index (κ3) is 4.57. The second-order valence-electron chi connectivity index (χ2n) is 6.68. The van der Waals surface area contributed by atoms with Gasteiger partial charge in [-0.25, -0.2) is 0 Å². The molecular formula is C18H28N4O2. The second-order valence-corrected chi connectivity index (χ2v) is 6.68. The Balaban J connectivity index is 1.89. The lowest BCUT2D eigenvalue weighted by molar-refractivity contribution is -0.122. The van der Waals surface area contributed by atoms with Crippen molar-refractivity contribution in [3.63, 3.8) is 0 Å².